The van der Waals surface area contributed by atoms with Gasteiger partial charge in [0, 0.05) is 25.3 Å². The highest BCUT2D eigenvalue weighted by Crippen LogP contribution is 2.19. The number of anilines is 1. The van der Waals surface area contributed by atoms with Gasteiger partial charge in [0.25, 0.3) is 0 Å². The average molecular weight is 308 g/mol. The van der Waals surface area contributed by atoms with Gasteiger partial charge in [0.2, 0.25) is 5.91 Å². The lowest BCUT2D eigenvalue weighted by atomic mass is 10.3. The molecule has 0 aromatic heterocycles. The Morgan fingerprint density at radius 3 is 2.55 bits per heavy atom. The topological polar surface area (TPSA) is 23.6 Å². The highest BCUT2D eigenvalue weighted by atomic mass is 32.2. The van der Waals surface area contributed by atoms with Crippen molar-refractivity contribution in [2.24, 2.45) is 0 Å². The maximum absolute atomic E-state index is 12.3. The molecule has 1 heterocycles. The number of para-hydroxylation sites is 1. The van der Waals surface area contributed by atoms with Crippen LogP contribution in [0.15, 0.2) is 30.3 Å². The molecule has 1 aromatic carbocycles. The molecule has 0 unspecified atom stereocenters. The Balaban J connectivity index is 1.88. The number of amides is 1. The van der Waals surface area contributed by atoms with Crippen LogP contribution in [0, 0.1) is 0 Å². The minimum Gasteiger partial charge on any atom is -0.358 e. The molecule has 3 nitrogen and oxygen atoms in total. The molecule has 0 aliphatic carbocycles. The Morgan fingerprint density at radius 2 is 1.95 bits per heavy atom. The first-order valence-electron chi connectivity index (χ1n) is 6.99. The molecule has 0 atom stereocenters. The molecule has 0 radical (unpaired) electrons. The van der Waals surface area contributed by atoms with Gasteiger partial charge in [-0.2, -0.15) is 0 Å². The van der Waals surface area contributed by atoms with Crippen molar-refractivity contribution in [3.8, 4) is 0 Å². The van der Waals surface area contributed by atoms with E-state index in [0.29, 0.717) is 12.3 Å². The zero-order chi connectivity index (χ0) is 14.4. The molecule has 0 N–H and O–H groups in total. The second kappa shape index (κ2) is 7.64. The average Bonchev–Trinajstić information content (AvgIpc) is 3.01. The quantitative estimate of drug-likeness (QED) is 0.797. The standard InChI is InChI=1S/C15H20N2OS2/c1-2-17(13-8-4-3-5-9-13)14(18)12-20-15(19)16-10-6-7-11-16/h3-5,8-9H,2,6-7,10-12H2,1H3. The van der Waals surface area contributed by atoms with Crippen molar-refractivity contribution in [2.45, 2.75) is 19.8 Å². The fraction of sp³-hybridized carbons (Fsp3) is 0.467. The molecule has 1 fully saturated rings. The molecule has 20 heavy (non-hydrogen) atoms. The van der Waals surface area contributed by atoms with Crippen LogP contribution in [0.3, 0.4) is 0 Å². The van der Waals surface area contributed by atoms with Crippen molar-refractivity contribution < 1.29 is 4.79 Å². The Labute approximate surface area is 130 Å². The summed E-state index contributed by atoms with van der Waals surface area (Å²) in [5, 5.41) is 0. The van der Waals surface area contributed by atoms with E-state index < -0.39 is 0 Å². The first kappa shape index (κ1) is 15.3. The summed E-state index contributed by atoms with van der Waals surface area (Å²) in [4.78, 5) is 16.3. The molecule has 2 rings (SSSR count). The van der Waals surface area contributed by atoms with Crippen LogP contribution in [0.4, 0.5) is 5.69 Å². The number of thioether (sulfide) groups is 1. The Hall–Kier alpha value is -1.07. The van der Waals surface area contributed by atoms with Gasteiger partial charge in [-0.15, -0.1) is 0 Å². The van der Waals surface area contributed by atoms with Crippen molar-refractivity contribution in [1.29, 1.82) is 0 Å². The van der Waals surface area contributed by atoms with Gasteiger partial charge in [-0.05, 0) is 31.9 Å². The highest BCUT2D eigenvalue weighted by Gasteiger charge is 2.18. The summed E-state index contributed by atoms with van der Waals surface area (Å²) in [6.07, 6.45) is 2.42. The minimum atomic E-state index is 0.116. The van der Waals surface area contributed by atoms with E-state index in [4.69, 9.17) is 12.2 Å². The molecule has 1 saturated heterocycles. The van der Waals surface area contributed by atoms with Gasteiger partial charge in [-0.3, -0.25) is 4.79 Å². The van der Waals surface area contributed by atoms with Crippen molar-refractivity contribution in [1.82, 2.24) is 4.90 Å². The lowest BCUT2D eigenvalue weighted by Gasteiger charge is -2.22. The van der Waals surface area contributed by atoms with E-state index >= 15 is 0 Å². The molecule has 1 amide bonds. The maximum atomic E-state index is 12.3. The SMILES string of the molecule is CCN(C(=O)CSC(=S)N1CCCC1)c1ccccc1. The summed E-state index contributed by atoms with van der Waals surface area (Å²) in [7, 11) is 0. The number of carbonyl (C=O) groups excluding carboxylic acids is 1. The molecule has 0 bridgehead atoms. The summed E-state index contributed by atoms with van der Waals surface area (Å²) in [5.41, 5.74) is 0.952. The lowest BCUT2D eigenvalue weighted by molar-refractivity contribution is -0.116. The van der Waals surface area contributed by atoms with E-state index in [1.165, 1.54) is 24.6 Å². The largest absolute Gasteiger partial charge is 0.358 e. The fourth-order valence-corrected chi connectivity index (χ4v) is 3.43. The third kappa shape index (κ3) is 3.96. The predicted octanol–water partition coefficient (Wildman–Crippen LogP) is 3.15. The first-order valence-corrected chi connectivity index (χ1v) is 8.39. The second-order valence-corrected chi connectivity index (χ2v) is 6.33. The van der Waals surface area contributed by atoms with Gasteiger partial charge in [-0.1, -0.05) is 42.2 Å². The van der Waals surface area contributed by atoms with Crippen LogP contribution in [0.25, 0.3) is 0 Å². The van der Waals surface area contributed by atoms with Gasteiger partial charge < -0.3 is 9.80 Å². The van der Waals surface area contributed by atoms with E-state index in [1.807, 2.05) is 37.3 Å². The highest BCUT2D eigenvalue weighted by molar-refractivity contribution is 8.23. The monoisotopic (exact) mass is 308 g/mol. The third-order valence-corrected chi connectivity index (χ3v) is 4.88. The molecular weight excluding hydrogens is 288 g/mol. The number of hydrogen-bond acceptors (Lipinski definition) is 3. The number of rotatable bonds is 4. The summed E-state index contributed by atoms with van der Waals surface area (Å²) in [6, 6.07) is 9.79. The number of carbonyl (C=O) groups is 1. The van der Waals surface area contributed by atoms with E-state index in [2.05, 4.69) is 4.90 Å². The molecular formula is C15H20N2OS2. The van der Waals surface area contributed by atoms with E-state index in [1.54, 1.807) is 4.90 Å². The van der Waals surface area contributed by atoms with Crippen molar-refractivity contribution >= 4 is 39.9 Å². The summed E-state index contributed by atoms with van der Waals surface area (Å²) in [6.45, 7) is 4.75. The van der Waals surface area contributed by atoms with Gasteiger partial charge in [-0.25, -0.2) is 0 Å². The van der Waals surface area contributed by atoms with Crippen LogP contribution in [0.2, 0.25) is 0 Å². The normalized spacial score (nSPS) is 14.3. The number of benzene rings is 1. The number of likely N-dealkylation sites (tertiary alicyclic amines) is 1. The zero-order valence-electron chi connectivity index (χ0n) is 11.7. The number of hydrogen-bond donors (Lipinski definition) is 0. The van der Waals surface area contributed by atoms with E-state index in [0.717, 1.165) is 23.1 Å². The first-order chi connectivity index (χ1) is 9.72. The second-order valence-electron chi connectivity index (χ2n) is 4.72. The van der Waals surface area contributed by atoms with Gasteiger partial charge >= 0.3 is 0 Å². The van der Waals surface area contributed by atoms with Crippen LogP contribution in [-0.2, 0) is 4.79 Å². The van der Waals surface area contributed by atoms with Crippen molar-refractivity contribution in [2.75, 3.05) is 30.3 Å². The number of nitrogens with zero attached hydrogens (tertiary/aromatic N) is 2. The summed E-state index contributed by atoms with van der Waals surface area (Å²) < 4.78 is 0.861. The van der Waals surface area contributed by atoms with E-state index in [-0.39, 0.29) is 5.91 Å². The van der Waals surface area contributed by atoms with Crippen LogP contribution in [0.1, 0.15) is 19.8 Å². The van der Waals surface area contributed by atoms with Crippen LogP contribution >= 0.6 is 24.0 Å². The molecule has 0 spiro atoms. The minimum absolute atomic E-state index is 0.116. The molecule has 108 valence electrons. The Kier molecular flexibility index (Phi) is 5.86. The van der Waals surface area contributed by atoms with Crippen LogP contribution in [-0.4, -0.2) is 40.5 Å². The molecule has 1 aliphatic rings. The molecule has 1 aromatic rings. The zero-order valence-corrected chi connectivity index (χ0v) is 13.4. The molecule has 0 saturated carbocycles. The lowest BCUT2D eigenvalue weighted by Crippen LogP contribution is -2.33. The van der Waals surface area contributed by atoms with Crippen molar-refractivity contribution in [3.63, 3.8) is 0 Å². The maximum Gasteiger partial charge on any atom is 0.237 e. The third-order valence-electron chi connectivity index (χ3n) is 3.37. The van der Waals surface area contributed by atoms with Crippen LogP contribution < -0.4 is 4.90 Å². The molecule has 1 aliphatic heterocycles. The predicted molar refractivity (Wildman–Crippen MR) is 90.3 cm³/mol. The Morgan fingerprint density at radius 1 is 1.30 bits per heavy atom. The van der Waals surface area contributed by atoms with Crippen molar-refractivity contribution in [3.05, 3.63) is 30.3 Å². The van der Waals surface area contributed by atoms with Gasteiger partial charge in [0.05, 0.1) is 5.75 Å². The van der Waals surface area contributed by atoms with Gasteiger partial charge in [0.1, 0.15) is 4.32 Å². The fourth-order valence-electron chi connectivity index (χ4n) is 2.30. The Bertz CT molecular complexity index is 458. The summed E-state index contributed by atoms with van der Waals surface area (Å²) in [5.74, 6) is 0.531. The summed E-state index contributed by atoms with van der Waals surface area (Å²) >= 11 is 6.88. The smallest absolute Gasteiger partial charge is 0.237 e. The van der Waals surface area contributed by atoms with Gasteiger partial charge in [0.15, 0.2) is 0 Å². The van der Waals surface area contributed by atoms with Crippen LogP contribution in [0.5, 0.6) is 0 Å². The molecule has 5 heteroatoms. The number of thiocarbonyl (C=S) groups is 1. The van der Waals surface area contributed by atoms with E-state index in [9.17, 15) is 4.79 Å².